The zero-order valence-electron chi connectivity index (χ0n) is 9.07. The average Bonchev–Trinajstić information content (AvgIpc) is 2.58. The Hall–Kier alpha value is -1.36. The number of fused-ring (bicyclic) bond motifs is 1. The lowest BCUT2D eigenvalue weighted by Crippen LogP contribution is -2.33. The molecule has 0 saturated carbocycles. The van der Waals surface area contributed by atoms with Gasteiger partial charge in [0, 0.05) is 19.3 Å². The maximum atomic E-state index is 11.4. The molecule has 0 aromatic carbocycles. The third kappa shape index (κ3) is 1.65. The summed E-state index contributed by atoms with van der Waals surface area (Å²) in [6.07, 6.45) is 5.74. The van der Waals surface area contributed by atoms with Crippen LogP contribution >= 0.6 is 7.60 Å². The van der Waals surface area contributed by atoms with Crippen LogP contribution in [0.3, 0.4) is 0 Å². The van der Waals surface area contributed by atoms with Gasteiger partial charge in [0.15, 0.2) is 0 Å². The number of hydrogen-bond acceptors (Lipinski definition) is 3. The molecule has 0 bridgehead atoms. The van der Waals surface area contributed by atoms with Gasteiger partial charge in [-0.3, -0.25) is 9.36 Å². The molecule has 0 aromatic heterocycles. The molecule has 1 aliphatic carbocycles. The first-order chi connectivity index (χ1) is 7.78. The Bertz CT molecular complexity index is 515. The smallest absolute Gasteiger partial charge is 0.350 e. The van der Waals surface area contributed by atoms with Crippen LogP contribution < -0.4 is 0 Å². The molecule has 1 aliphatic heterocycles. The molecule has 17 heavy (non-hydrogen) atoms. The van der Waals surface area contributed by atoms with Crippen LogP contribution in [0, 0.1) is 0 Å². The van der Waals surface area contributed by atoms with Crippen LogP contribution in [0.2, 0.25) is 0 Å². The minimum Gasteiger partial charge on any atom is -0.480 e. The molecule has 0 fully saturated rings. The van der Waals surface area contributed by atoms with Crippen molar-refractivity contribution in [2.45, 2.75) is 5.16 Å². The molecule has 0 aromatic rings. The van der Waals surface area contributed by atoms with Crippen molar-refractivity contribution >= 4 is 13.6 Å². The van der Waals surface area contributed by atoms with Crippen molar-refractivity contribution in [1.29, 1.82) is 0 Å². The largest absolute Gasteiger partial charge is 0.480 e. The van der Waals surface area contributed by atoms with Crippen LogP contribution in [0.1, 0.15) is 0 Å². The molecule has 3 N–H and O–H groups in total. The van der Waals surface area contributed by atoms with Crippen molar-refractivity contribution < 1.29 is 24.3 Å². The lowest BCUT2D eigenvalue weighted by molar-refractivity contribution is -0.137. The number of rotatable bonds is 2. The molecular weight excluding hydrogens is 245 g/mol. The summed E-state index contributed by atoms with van der Waals surface area (Å²) in [5.41, 5.74) is 1.07. The summed E-state index contributed by atoms with van der Waals surface area (Å²) in [4.78, 5) is 31.5. The highest BCUT2D eigenvalue weighted by atomic mass is 31.2. The van der Waals surface area contributed by atoms with Gasteiger partial charge in [0.2, 0.25) is 5.16 Å². The van der Waals surface area contributed by atoms with Crippen molar-refractivity contribution in [3.8, 4) is 0 Å². The number of hydrogen-bond donors (Lipinski definition) is 3. The second-order valence-corrected chi connectivity index (χ2v) is 5.91. The van der Waals surface area contributed by atoms with Gasteiger partial charge in [-0.1, -0.05) is 12.2 Å². The third-order valence-electron chi connectivity index (χ3n) is 2.94. The van der Waals surface area contributed by atoms with Crippen LogP contribution in [0.25, 0.3) is 0 Å². The molecule has 92 valence electrons. The fourth-order valence-corrected chi connectivity index (χ4v) is 2.81. The normalized spacial score (nSPS) is 27.6. The highest BCUT2D eigenvalue weighted by Gasteiger charge is 2.54. The first-order valence-electron chi connectivity index (χ1n) is 4.91. The van der Waals surface area contributed by atoms with E-state index >= 15 is 0 Å². The SMILES string of the molecule is CN1CC=CC2=CC(C(=O)O)(P(=O)(O)O)C=C21. The van der Waals surface area contributed by atoms with E-state index in [-0.39, 0.29) is 0 Å². The Labute approximate surface area is 97.7 Å². The monoisotopic (exact) mass is 257 g/mol. The van der Waals surface area contributed by atoms with Crippen LogP contribution in [-0.2, 0) is 9.36 Å². The molecule has 1 atom stereocenters. The maximum absolute atomic E-state index is 11.4. The Morgan fingerprint density at radius 3 is 2.59 bits per heavy atom. The van der Waals surface area contributed by atoms with E-state index in [0.29, 0.717) is 17.8 Å². The van der Waals surface area contributed by atoms with Gasteiger partial charge in [0.1, 0.15) is 0 Å². The molecule has 2 aliphatic rings. The second kappa shape index (κ2) is 3.57. The molecule has 1 heterocycles. The molecule has 0 amide bonds. The lowest BCUT2D eigenvalue weighted by Gasteiger charge is -2.24. The van der Waals surface area contributed by atoms with Crippen molar-refractivity contribution in [2.75, 3.05) is 13.6 Å². The molecular formula is C10H12NO5P. The van der Waals surface area contributed by atoms with E-state index in [0.717, 1.165) is 12.2 Å². The van der Waals surface area contributed by atoms with Gasteiger partial charge in [-0.25, -0.2) is 0 Å². The van der Waals surface area contributed by atoms with E-state index in [1.54, 1.807) is 24.1 Å². The van der Waals surface area contributed by atoms with Crippen molar-refractivity contribution in [1.82, 2.24) is 4.90 Å². The molecule has 0 saturated heterocycles. The van der Waals surface area contributed by atoms with Crippen molar-refractivity contribution in [3.63, 3.8) is 0 Å². The number of carboxylic acids is 1. The number of carboxylic acid groups (broad SMARTS) is 1. The second-order valence-electron chi connectivity index (χ2n) is 4.09. The molecule has 0 spiro atoms. The standard InChI is InChI=1S/C10H12NO5P/c1-11-4-2-3-7-5-10(9(12)13,6-8(7)11)17(14,15)16/h2-3,5-6H,4H2,1H3,(H,12,13)(H2,14,15,16). The minimum atomic E-state index is -4.81. The van der Waals surface area contributed by atoms with E-state index in [2.05, 4.69) is 0 Å². The highest BCUT2D eigenvalue weighted by molar-refractivity contribution is 7.55. The lowest BCUT2D eigenvalue weighted by atomic mass is 10.1. The maximum Gasteiger partial charge on any atom is 0.350 e. The summed E-state index contributed by atoms with van der Waals surface area (Å²) in [5.74, 6) is -1.54. The van der Waals surface area contributed by atoms with Gasteiger partial charge in [0.05, 0.1) is 0 Å². The number of likely N-dealkylation sites (N-methyl/N-ethyl adjacent to an activating group) is 1. The Balaban J connectivity index is 2.63. The van der Waals surface area contributed by atoms with Crippen molar-refractivity contribution in [3.05, 3.63) is 35.6 Å². The number of carbonyl (C=O) groups is 1. The highest BCUT2D eigenvalue weighted by Crippen LogP contribution is 2.56. The Morgan fingerprint density at radius 1 is 1.47 bits per heavy atom. The van der Waals surface area contributed by atoms with Gasteiger partial charge in [-0.05, 0) is 17.7 Å². The van der Waals surface area contributed by atoms with Crippen LogP contribution in [0.4, 0.5) is 0 Å². The number of nitrogens with zero attached hydrogens (tertiary/aromatic N) is 1. The van der Waals surface area contributed by atoms with Crippen LogP contribution in [-0.4, -0.2) is 44.5 Å². The van der Waals surface area contributed by atoms with Gasteiger partial charge in [-0.15, -0.1) is 0 Å². The van der Waals surface area contributed by atoms with Crippen LogP contribution in [0.15, 0.2) is 35.6 Å². The van der Waals surface area contributed by atoms with E-state index < -0.39 is 18.7 Å². The van der Waals surface area contributed by atoms with Crippen molar-refractivity contribution in [2.24, 2.45) is 0 Å². The van der Waals surface area contributed by atoms with Gasteiger partial charge in [0.25, 0.3) is 0 Å². The summed E-state index contributed by atoms with van der Waals surface area (Å²) in [5, 5.41) is 6.87. The number of aliphatic carboxylic acids is 1. The molecule has 7 heteroatoms. The summed E-state index contributed by atoms with van der Waals surface area (Å²) < 4.78 is 11.4. The first-order valence-corrected chi connectivity index (χ1v) is 6.52. The molecule has 1 unspecified atom stereocenters. The van der Waals surface area contributed by atoms with Gasteiger partial charge >= 0.3 is 13.6 Å². The third-order valence-corrected chi connectivity index (χ3v) is 4.35. The molecule has 6 nitrogen and oxygen atoms in total. The predicted molar refractivity (Wildman–Crippen MR) is 60.3 cm³/mol. The van der Waals surface area contributed by atoms with Gasteiger partial charge < -0.3 is 19.8 Å². The molecule has 2 rings (SSSR count). The summed E-state index contributed by atoms with van der Waals surface area (Å²) in [6.45, 7) is 0.583. The Morgan fingerprint density at radius 2 is 2.12 bits per heavy atom. The van der Waals surface area contributed by atoms with Gasteiger partial charge in [-0.2, -0.15) is 0 Å². The topological polar surface area (TPSA) is 98.1 Å². The Kier molecular flexibility index (Phi) is 2.54. The fourth-order valence-electron chi connectivity index (χ4n) is 1.96. The van der Waals surface area contributed by atoms with E-state index in [1.165, 1.54) is 0 Å². The summed E-state index contributed by atoms with van der Waals surface area (Å²) in [6, 6.07) is 0. The van der Waals surface area contributed by atoms with E-state index in [1.807, 2.05) is 0 Å². The minimum absolute atomic E-state index is 0.532. The quantitative estimate of drug-likeness (QED) is 0.616. The predicted octanol–water partition coefficient (Wildman–Crippen LogP) is 0.313. The van der Waals surface area contributed by atoms with Crippen LogP contribution in [0.5, 0.6) is 0 Å². The van der Waals surface area contributed by atoms with E-state index in [4.69, 9.17) is 5.11 Å². The zero-order chi connectivity index (χ0) is 12.8. The fraction of sp³-hybridized carbons (Fsp3) is 0.300. The first kappa shape index (κ1) is 12.1. The summed E-state index contributed by atoms with van der Waals surface area (Å²) >= 11 is 0. The molecule has 0 radical (unpaired) electrons. The van der Waals surface area contributed by atoms with E-state index in [9.17, 15) is 19.1 Å². The average molecular weight is 257 g/mol. The zero-order valence-corrected chi connectivity index (χ0v) is 9.96. The number of allylic oxidation sites excluding steroid dienone is 1. The summed E-state index contributed by atoms with van der Waals surface area (Å²) in [7, 11) is -3.08.